The predicted octanol–water partition coefficient (Wildman–Crippen LogP) is 2.24. The van der Waals surface area contributed by atoms with Crippen molar-refractivity contribution in [3.8, 4) is 0 Å². The Morgan fingerprint density at radius 1 is 1.00 bits per heavy atom. The first kappa shape index (κ1) is 18.4. The molecule has 0 aliphatic carbocycles. The van der Waals surface area contributed by atoms with Crippen molar-refractivity contribution in [1.82, 2.24) is 9.21 Å². The average Bonchev–Trinajstić information content (AvgIpc) is 2.62. The topological polar surface area (TPSA) is 83.8 Å². The molecular formula is C17H18FN3O4S. The lowest BCUT2D eigenvalue weighted by Gasteiger charge is -2.33. The fourth-order valence-electron chi connectivity index (χ4n) is 2.98. The van der Waals surface area contributed by atoms with Gasteiger partial charge in [-0.2, -0.15) is 4.31 Å². The smallest absolute Gasteiger partial charge is 0.273 e. The molecule has 0 amide bonds. The lowest BCUT2D eigenvalue weighted by atomic mass is 10.1. The summed E-state index contributed by atoms with van der Waals surface area (Å²) in [6.07, 6.45) is 0. The van der Waals surface area contributed by atoms with Crippen LogP contribution in [-0.2, 0) is 16.6 Å². The summed E-state index contributed by atoms with van der Waals surface area (Å²) < 4.78 is 40.3. The molecule has 1 aliphatic heterocycles. The van der Waals surface area contributed by atoms with Crippen LogP contribution in [0.3, 0.4) is 0 Å². The number of nitrogens with zero attached hydrogens (tertiary/aromatic N) is 3. The zero-order valence-corrected chi connectivity index (χ0v) is 14.7. The number of sulfonamides is 1. The number of piperazine rings is 1. The second kappa shape index (κ2) is 7.48. The van der Waals surface area contributed by atoms with Gasteiger partial charge in [0.1, 0.15) is 10.7 Å². The van der Waals surface area contributed by atoms with Gasteiger partial charge in [-0.1, -0.05) is 30.3 Å². The number of rotatable bonds is 5. The average molecular weight is 379 g/mol. The molecule has 2 aromatic rings. The van der Waals surface area contributed by atoms with E-state index >= 15 is 0 Å². The van der Waals surface area contributed by atoms with Crippen LogP contribution < -0.4 is 0 Å². The number of nitro benzene ring substituents is 1. The van der Waals surface area contributed by atoms with E-state index in [1.807, 2.05) is 4.90 Å². The van der Waals surface area contributed by atoms with Gasteiger partial charge in [0.25, 0.3) is 5.69 Å². The Labute approximate surface area is 150 Å². The molecule has 2 aromatic carbocycles. The summed E-state index contributed by atoms with van der Waals surface area (Å²) in [7, 11) is -3.89. The molecule has 26 heavy (non-hydrogen) atoms. The van der Waals surface area contributed by atoms with E-state index in [-0.39, 0.29) is 23.7 Å². The monoisotopic (exact) mass is 379 g/mol. The first-order valence-corrected chi connectivity index (χ1v) is 9.53. The van der Waals surface area contributed by atoms with Gasteiger partial charge in [-0.15, -0.1) is 0 Å². The van der Waals surface area contributed by atoms with Crippen LogP contribution in [0, 0.1) is 15.9 Å². The van der Waals surface area contributed by atoms with E-state index in [0.29, 0.717) is 25.2 Å². The third-order valence-electron chi connectivity index (χ3n) is 4.37. The Morgan fingerprint density at radius 3 is 2.27 bits per heavy atom. The SMILES string of the molecule is O=[N+]([O-])c1ccccc1CN1CCN(S(=O)(=O)c2ccccc2F)CC1. The third kappa shape index (κ3) is 3.74. The highest BCUT2D eigenvalue weighted by atomic mass is 32.2. The van der Waals surface area contributed by atoms with Gasteiger partial charge in [-0.05, 0) is 12.1 Å². The van der Waals surface area contributed by atoms with Gasteiger partial charge in [-0.3, -0.25) is 15.0 Å². The largest absolute Gasteiger partial charge is 0.296 e. The molecule has 0 bridgehead atoms. The zero-order chi connectivity index (χ0) is 18.7. The van der Waals surface area contributed by atoms with Gasteiger partial charge in [-0.25, -0.2) is 12.8 Å². The van der Waals surface area contributed by atoms with E-state index in [2.05, 4.69) is 0 Å². The van der Waals surface area contributed by atoms with E-state index in [4.69, 9.17) is 0 Å². The summed E-state index contributed by atoms with van der Waals surface area (Å²) in [5, 5.41) is 11.1. The maximum atomic E-state index is 13.8. The maximum Gasteiger partial charge on any atom is 0.273 e. The van der Waals surface area contributed by atoms with Crippen LogP contribution in [0.15, 0.2) is 53.4 Å². The number of para-hydroxylation sites is 1. The predicted molar refractivity (Wildman–Crippen MR) is 93.5 cm³/mol. The Hall–Kier alpha value is -2.36. The summed E-state index contributed by atoms with van der Waals surface area (Å²) in [5.41, 5.74) is 0.636. The Balaban J connectivity index is 1.69. The lowest BCUT2D eigenvalue weighted by Crippen LogP contribution is -2.48. The minimum Gasteiger partial charge on any atom is -0.296 e. The van der Waals surface area contributed by atoms with Crippen molar-refractivity contribution in [3.63, 3.8) is 0 Å². The van der Waals surface area contributed by atoms with Crippen LogP contribution >= 0.6 is 0 Å². The van der Waals surface area contributed by atoms with E-state index in [9.17, 15) is 22.9 Å². The fourth-order valence-corrected chi connectivity index (χ4v) is 4.47. The molecule has 0 atom stereocenters. The molecule has 1 heterocycles. The standard InChI is InChI=1S/C17H18FN3O4S/c18-15-6-2-4-8-17(15)26(24,25)20-11-9-19(10-12-20)13-14-5-1-3-7-16(14)21(22)23/h1-8H,9-13H2. The maximum absolute atomic E-state index is 13.8. The molecule has 1 saturated heterocycles. The Morgan fingerprint density at radius 2 is 1.62 bits per heavy atom. The second-order valence-corrected chi connectivity index (χ2v) is 7.90. The van der Waals surface area contributed by atoms with Crippen molar-refractivity contribution in [2.75, 3.05) is 26.2 Å². The van der Waals surface area contributed by atoms with Crippen LogP contribution in [0.4, 0.5) is 10.1 Å². The highest BCUT2D eigenvalue weighted by Crippen LogP contribution is 2.23. The summed E-state index contributed by atoms with van der Waals surface area (Å²) >= 11 is 0. The molecule has 0 radical (unpaired) electrons. The molecule has 1 aliphatic rings. The normalized spacial score (nSPS) is 16.5. The summed E-state index contributed by atoms with van der Waals surface area (Å²) in [4.78, 5) is 12.3. The van der Waals surface area contributed by atoms with E-state index < -0.39 is 20.8 Å². The van der Waals surface area contributed by atoms with Gasteiger partial charge >= 0.3 is 0 Å². The van der Waals surface area contributed by atoms with Crippen molar-refractivity contribution >= 4 is 15.7 Å². The van der Waals surface area contributed by atoms with Gasteiger partial charge in [0.15, 0.2) is 0 Å². The molecule has 0 aromatic heterocycles. The first-order valence-electron chi connectivity index (χ1n) is 8.09. The molecular weight excluding hydrogens is 361 g/mol. The number of benzene rings is 2. The van der Waals surface area contributed by atoms with Crippen LogP contribution in [0.25, 0.3) is 0 Å². The number of hydrogen-bond acceptors (Lipinski definition) is 5. The minimum atomic E-state index is -3.89. The molecule has 0 unspecified atom stereocenters. The van der Waals surface area contributed by atoms with E-state index in [1.54, 1.807) is 18.2 Å². The van der Waals surface area contributed by atoms with Crippen LogP contribution in [0.5, 0.6) is 0 Å². The van der Waals surface area contributed by atoms with Gasteiger partial charge in [0, 0.05) is 44.4 Å². The molecule has 7 nitrogen and oxygen atoms in total. The fraction of sp³-hybridized carbons (Fsp3) is 0.294. The van der Waals surface area contributed by atoms with E-state index in [1.165, 1.54) is 28.6 Å². The van der Waals surface area contributed by atoms with E-state index in [0.717, 1.165) is 6.07 Å². The van der Waals surface area contributed by atoms with Crippen molar-refractivity contribution in [2.45, 2.75) is 11.4 Å². The van der Waals surface area contributed by atoms with Crippen molar-refractivity contribution in [2.24, 2.45) is 0 Å². The molecule has 0 saturated carbocycles. The number of nitro groups is 1. The first-order chi connectivity index (χ1) is 12.4. The van der Waals surface area contributed by atoms with Gasteiger partial charge in [0.05, 0.1) is 4.92 Å². The summed E-state index contributed by atoms with van der Waals surface area (Å²) in [5.74, 6) is -0.769. The third-order valence-corrected chi connectivity index (χ3v) is 6.30. The second-order valence-electron chi connectivity index (χ2n) is 6.00. The molecule has 0 N–H and O–H groups in total. The zero-order valence-electron chi connectivity index (χ0n) is 13.9. The highest BCUT2D eigenvalue weighted by molar-refractivity contribution is 7.89. The quantitative estimate of drug-likeness (QED) is 0.588. The molecule has 9 heteroatoms. The molecule has 1 fully saturated rings. The van der Waals surface area contributed by atoms with Gasteiger partial charge < -0.3 is 0 Å². The number of hydrogen-bond donors (Lipinski definition) is 0. The molecule has 0 spiro atoms. The molecule has 138 valence electrons. The highest BCUT2D eigenvalue weighted by Gasteiger charge is 2.30. The molecule has 3 rings (SSSR count). The van der Waals surface area contributed by atoms with Crippen LogP contribution in [0.2, 0.25) is 0 Å². The summed E-state index contributed by atoms with van der Waals surface area (Å²) in [6, 6.07) is 11.8. The van der Waals surface area contributed by atoms with Crippen molar-refractivity contribution in [3.05, 3.63) is 70.0 Å². The van der Waals surface area contributed by atoms with Crippen LogP contribution in [0.1, 0.15) is 5.56 Å². The minimum absolute atomic E-state index is 0.0499. The van der Waals surface area contributed by atoms with Crippen molar-refractivity contribution < 1.29 is 17.7 Å². The van der Waals surface area contributed by atoms with Crippen molar-refractivity contribution in [1.29, 1.82) is 0 Å². The van der Waals surface area contributed by atoms with Gasteiger partial charge in [0.2, 0.25) is 10.0 Å². The number of halogens is 1. The lowest BCUT2D eigenvalue weighted by molar-refractivity contribution is -0.385. The Kier molecular flexibility index (Phi) is 5.30. The van der Waals surface area contributed by atoms with Crippen LogP contribution in [-0.4, -0.2) is 48.7 Å². The Bertz CT molecular complexity index is 912. The summed E-state index contributed by atoms with van der Waals surface area (Å²) in [6.45, 7) is 1.61.